The van der Waals surface area contributed by atoms with Gasteiger partial charge in [-0.1, -0.05) is 6.07 Å². The third-order valence-electron chi connectivity index (χ3n) is 4.66. The Morgan fingerprint density at radius 2 is 1.76 bits per heavy atom. The molecule has 2 aliphatic rings. The molecule has 2 saturated carbocycles. The highest BCUT2D eigenvalue weighted by Gasteiger charge is 2.33. The molecule has 0 radical (unpaired) electrons. The van der Waals surface area contributed by atoms with Crippen LogP contribution in [0.3, 0.4) is 0 Å². The van der Waals surface area contributed by atoms with Gasteiger partial charge in [0.15, 0.2) is 11.5 Å². The zero-order chi connectivity index (χ0) is 14.7. The molecule has 1 N–H and O–H groups in total. The zero-order valence-corrected chi connectivity index (χ0v) is 13.2. The van der Waals surface area contributed by atoms with Crippen LogP contribution in [0.25, 0.3) is 0 Å². The van der Waals surface area contributed by atoms with Crippen molar-refractivity contribution in [3.8, 4) is 11.5 Å². The Balaban J connectivity index is 1.67. The van der Waals surface area contributed by atoms with Crippen LogP contribution in [0, 0.1) is 5.92 Å². The third-order valence-corrected chi connectivity index (χ3v) is 4.66. The highest BCUT2D eigenvalue weighted by Crippen LogP contribution is 2.44. The Kier molecular flexibility index (Phi) is 4.69. The Morgan fingerprint density at radius 1 is 1.00 bits per heavy atom. The zero-order valence-electron chi connectivity index (χ0n) is 13.2. The molecular formula is C18H27NO2. The molecule has 0 saturated heterocycles. The fourth-order valence-corrected chi connectivity index (χ4v) is 3.16. The molecule has 1 aromatic carbocycles. The van der Waals surface area contributed by atoms with Crippen molar-refractivity contribution in [2.24, 2.45) is 5.92 Å². The van der Waals surface area contributed by atoms with Crippen LogP contribution in [-0.4, -0.2) is 25.8 Å². The first kappa shape index (κ1) is 14.7. The van der Waals surface area contributed by atoms with Crippen molar-refractivity contribution >= 4 is 0 Å². The van der Waals surface area contributed by atoms with E-state index in [9.17, 15) is 0 Å². The van der Waals surface area contributed by atoms with Gasteiger partial charge in [-0.3, -0.25) is 0 Å². The first-order chi connectivity index (χ1) is 10.3. The molecule has 1 aromatic rings. The van der Waals surface area contributed by atoms with Crippen molar-refractivity contribution in [1.82, 2.24) is 5.32 Å². The number of nitrogens with one attached hydrogen (secondary N) is 1. The maximum Gasteiger partial charge on any atom is 0.161 e. The first-order valence-corrected chi connectivity index (χ1v) is 8.44. The second-order valence-electron chi connectivity index (χ2n) is 6.20. The Morgan fingerprint density at radius 3 is 2.38 bits per heavy atom. The fourth-order valence-electron chi connectivity index (χ4n) is 3.16. The van der Waals surface area contributed by atoms with Crippen molar-refractivity contribution in [3.63, 3.8) is 0 Å². The summed E-state index contributed by atoms with van der Waals surface area (Å²) < 4.78 is 11.4. The monoisotopic (exact) mass is 289 g/mol. The number of hydrogen-bond donors (Lipinski definition) is 1. The van der Waals surface area contributed by atoms with E-state index in [1.807, 2.05) is 13.8 Å². The summed E-state index contributed by atoms with van der Waals surface area (Å²) in [4.78, 5) is 0. The van der Waals surface area contributed by atoms with Gasteiger partial charge >= 0.3 is 0 Å². The van der Waals surface area contributed by atoms with Gasteiger partial charge in [0.05, 0.1) is 13.2 Å². The average molecular weight is 289 g/mol. The predicted molar refractivity (Wildman–Crippen MR) is 85.3 cm³/mol. The van der Waals surface area contributed by atoms with Crippen molar-refractivity contribution in [2.45, 2.75) is 51.5 Å². The molecule has 0 spiro atoms. The molecule has 0 aromatic heterocycles. The lowest BCUT2D eigenvalue weighted by molar-refractivity contribution is 0.243. The van der Waals surface area contributed by atoms with Gasteiger partial charge in [0.25, 0.3) is 0 Å². The maximum atomic E-state index is 5.75. The minimum atomic E-state index is 0.677. The topological polar surface area (TPSA) is 30.5 Å². The highest BCUT2D eigenvalue weighted by molar-refractivity contribution is 5.44. The van der Waals surface area contributed by atoms with E-state index in [4.69, 9.17) is 9.47 Å². The summed E-state index contributed by atoms with van der Waals surface area (Å²) in [5.74, 6) is 3.25. The van der Waals surface area contributed by atoms with E-state index < -0.39 is 0 Å². The van der Waals surface area contributed by atoms with Crippen LogP contribution in [-0.2, 0) is 0 Å². The van der Waals surface area contributed by atoms with Gasteiger partial charge < -0.3 is 14.8 Å². The lowest BCUT2D eigenvalue weighted by Crippen LogP contribution is -2.34. The second kappa shape index (κ2) is 6.69. The smallest absolute Gasteiger partial charge is 0.161 e. The summed E-state index contributed by atoms with van der Waals surface area (Å²) in [6, 6.07) is 7.31. The molecule has 2 unspecified atom stereocenters. The lowest BCUT2D eigenvalue weighted by atomic mass is 9.70. The van der Waals surface area contributed by atoms with E-state index in [0.717, 1.165) is 23.5 Å². The average Bonchev–Trinajstić information content (AvgIpc) is 3.25. The summed E-state index contributed by atoms with van der Waals surface area (Å²) in [6.45, 7) is 6.56. The molecule has 2 aliphatic carbocycles. The molecule has 3 nitrogen and oxygen atoms in total. The van der Waals surface area contributed by atoms with Gasteiger partial charge in [-0.05, 0) is 75.6 Å². The summed E-state index contributed by atoms with van der Waals surface area (Å²) in [5.41, 5.74) is 1.41. The lowest BCUT2D eigenvalue weighted by Gasteiger charge is -2.37. The van der Waals surface area contributed by atoms with E-state index in [-0.39, 0.29) is 0 Å². The highest BCUT2D eigenvalue weighted by atomic mass is 16.5. The normalized spacial score (nSPS) is 24.5. The van der Waals surface area contributed by atoms with Gasteiger partial charge in [0.2, 0.25) is 0 Å². The van der Waals surface area contributed by atoms with Gasteiger partial charge in [-0.25, -0.2) is 0 Å². The van der Waals surface area contributed by atoms with E-state index in [0.29, 0.717) is 19.1 Å². The van der Waals surface area contributed by atoms with Crippen LogP contribution in [0.5, 0.6) is 11.5 Å². The first-order valence-electron chi connectivity index (χ1n) is 8.44. The van der Waals surface area contributed by atoms with Gasteiger partial charge in [-0.2, -0.15) is 0 Å². The standard InChI is InChI=1S/C18H27NO2/c1-3-20-17-10-6-13(11-18(17)21-4-2)16-9-5-14(16)12-19-15-7-8-15/h6,10-11,14-16,19H,3-5,7-9,12H2,1-2H3. The van der Waals surface area contributed by atoms with Crippen molar-refractivity contribution in [2.75, 3.05) is 19.8 Å². The minimum absolute atomic E-state index is 0.677. The van der Waals surface area contributed by atoms with Crippen LogP contribution in [0.1, 0.15) is 51.0 Å². The van der Waals surface area contributed by atoms with Crippen LogP contribution in [0.4, 0.5) is 0 Å². The van der Waals surface area contributed by atoms with Gasteiger partial charge in [0, 0.05) is 6.04 Å². The Bertz CT molecular complexity index is 470. The predicted octanol–water partition coefficient (Wildman–Crippen LogP) is 3.73. The molecule has 3 heteroatoms. The molecule has 2 atom stereocenters. The van der Waals surface area contributed by atoms with Gasteiger partial charge in [0.1, 0.15) is 0 Å². The molecule has 0 aliphatic heterocycles. The van der Waals surface area contributed by atoms with Crippen molar-refractivity contribution in [1.29, 1.82) is 0 Å². The van der Waals surface area contributed by atoms with Crippen LogP contribution in [0.2, 0.25) is 0 Å². The Hall–Kier alpha value is -1.22. The number of hydrogen-bond acceptors (Lipinski definition) is 3. The molecule has 0 amide bonds. The molecule has 2 fully saturated rings. The van der Waals surface area contributed by atoms with E-state index in [1.54, 1.807) is 0 Å². The molecule has 21 heavy (non-hydrogen) atoms. The number of ether oxygens (including phenoxy) is 2. The van der Waals surface area contributed by atoms with Gasteiger partial charge in [-0.15, -0.1) is 0 Å². The van der Waals surface area contributed by atoms with E-state index in [1.165, 1.54) is 37.8 Å². The quantitative estimate of drug-likeness (QED) is 0.791. The van der Waals surface area contributed by atoms with Crippen LogP contribution < -0.4 is 14.8 Å². The second-order valence-corrected chi connectivity index (χ2v) is 6.20. The number of benzene rings is 1. The Labute approximate surface area is 128 Å². The fraction of sp³-hybridized carbons (Fsp3) is 0.667. The molecule has 3 rings (SSSR count). The largest absolute Gasteiger partial charge is 0.490 e. The van der Waals surface area contributed by atoms with E-state index >= 15 is 0 Å². The van der Waals surface area contributed by atoms with Crippen molar-refractivity contribution in [3.05, 3.63) is 23.8 Å². The minimum Gasteiger partial charge on any atom is -0.490 e. The van der Waals surface area contributed by atoms with E-state index in [2.05, 4.69) is 23.5 Å². The molecule has 0 heterocycles. The summed E-state index contributed by atoms with van der Waals surface area (Å²) in [6.07, 6.45) is 5.39. The van der Waals surface area contributed by atoms with Crippen LogP contribution >= 0.6 is 0 Å². The van der Waals surface area contributed by atoms with Crippen molar-refractivity contribution < 1.29 is 9.47 Å². The SMILES string of the molecule is CCOc1ccc(C2CCC2CNC2CC2)cc1OCC. The summed E-state index contributed by atoms with van der Waals surface area (Å²) >= 11 is 0. The molecular weight excluding hydrogens is 262 g/mol. The summed E-state index contributed by atoms with van der Waals surface area (Å²) in [7, 11) is 0. The number of rotatable bonds is 8. The third kappa shape index (κ3) is 3.52. The summed E-state index contributed by atoms with van der Waals surface area (Å²) in [5, 5.41) is 3.67. The maximum absolute atomic E-state index is 5.75. The van der Waals surface area contributed by atoms with Crippen LogP contribution in [0.15, 0.2) is 18.2 Å². The molecule has 0 bridgehead atoms. The molecule has 116 valence electrons.